The summed E-state index contributed by atoms with van der Waals surface area (Å²) in [6.45, 7) is 2.20. The standard InChI is InChI=1S/C14H19NO3/c16-9-11-18-10-8-15-7-3-5-12-4-1-2-6-13(12)14(15)17/h1-2,4,6,16H,3,5,7-11H2. The largest absolute Gasteiger partial charge is 0.394 e. The number of carbonyl (C=O) groups excluding carboxylic acids is 1. The molecule has 0 radical (unpaired) electrons. The molecule has 18 heavy (non-hydrogen) atoms. The summed E-state index contributed by atoms with van der Waals surface area (Å²) in [4.78, 5) is 14.2. The topological polar surface area (TPSA) is 49.8 Å². The first-order valence-electron chi connectivity index (χ1n) is 6.38. The SMILES string of the molecule is O=C1c2ccccc2CCCN1CCOCCO. The molecule has 1 aromatic carbocycles. The van der Waals surface area contributed by atoms with Gasteiger partial charge in [-0.25, -0.2) is 0 Å². The Labute approximate surface area is 107 Å². The molecule has 1 amide bonds. The Bertz CT molecular complexity index is 406. The summed E-state index contributed by atoms with van der Waals surface area (Å²) in [5.74, 6) is 0.0932. The van der Waals surface area contributed by atoms with Gasteiger partial charge in [-0.3, -0.25) is 4.79 Å². The van der Waals surface area contributed by atoms with Crippen LogP contribution in [0, 0.1) is 0 Å². The quantitative estimate of drug-likeness (QED) is 0.795. The average molecular weight is 249 g/mol. The zero-order valence-electron chi connectivity index (χ0n) is 10.5. The molecule has 0 aromatic heterocycles. The maximum absolute atomic E-state index is 12.3. The number of ether oxygens (including phenoxy) is 1. The monoisotopic (exact) mass is 249 g/mol. The van der Waals surface area contributed by atoms with Crippen molar-refractivity contribution in [3.63, 3.8) is 0 Å². The van der Waals surface area contributed by atoms with E-state index in [1.54, 1.807) is 0 Å². The molecule has 0 saturated heterocycles. The summed E-state index contributed by atoms with van der Waals surface area (Å²) in [5, 5.41) is 8.62. The number of aryl methyl sites for hydroxylation is 1. The summed E-state index contributed by atoms with van der Waals surface area (Å²) >= 11 is 0. The minimum absolute atomic E-state index is 0.0246. The molecule has 0 atom stereocenters. The maximum Gasteiger partial charge on any atom is 0.254 e. The fourth-order valence-electron chi connectivity index (χ4n) is 2.23. The Hall–Kier alpha value is -1.39. The third-order valence-corrected chi connectivity index (χ3v) is 3.15. The lowest BCUT2D eigenvalue weighted by molar-refractivity contribution is 0.0573. The van der Waals surface area contributed by atoms with E-state index in [0.717, 1.165) is 30.5 Å². The zero-order valence-corrected chi connectivity index (χ0v) is 10.5. The van der Waals surface area contributed by atoms with Crippen molar-refractivity contribution in [2.24, 2.45) is 0 Å². The number of nitrogens with zero attached hydrogens (tertiary/aromatic N) is 1. The summed E-state index contributed by atoms with van der Waals surface area (Å²) in [7, 11) is 0. The normalized spacial score (nSPS) is 15.4. The van der Waals surface area contributed by atoms with E-state index in [1.807, 2.05) is 29.2 Å². The van der Waals surface area contributed by atoms with Crippen LogP contribution in [-0.4, -0.2) is 48.8 Å². The number of carbonyl (C=O) groups is 1. The molecule has 0 saturated carbocycles. The maximum atomic E-state index is 12.3. The lowest BCUT2D eigenvalue weighted by Gasteiger charge is -2.20. The van der Waals surface area contributed by atoms with E-state index in [-0.39, 0.29) is 12.5 Å². The van der Waals surface area contributed by atoms with E-state index in [0.29, 0.717) is 19.8 Å². The Morgan fingerprint density at radius 3 is 2.94 bits per heavy atom. The van der Waals surface area contributed by atoms with Gasteiger partial charge in [0.2, 0.25) is 0 Å². The predicted molar refractivity (Wildman–Crippen MR) is 68.6 cm³/mol. The molecule has 4 nitrogen and oxygen atoms in total. The van der Waals surface area contributed by atoms with Crippen LogP contribution in [0.5, 0.6) is 0 Å². The number of fused-ring (bicyclic) bond motifs is 1. The Morgan fingerprint density at radius 1 is 1.28 bits per heavy atom. The second-order valence-electron chi connectivity index (χ2n) is 4.39. The van der Waals surface area contributed by atoms with Crippen LogP contribution in [0.4, 0.5) is 0 Å². The zero-order chi connectivity index (χ0) is 12.8. The molecule has 4 heteroatoms. The Kier molecular flexibility index (Phi) is 4.73. The minimum Gasteiger partial charge on any atom is -0.394 e. The van der Waals surface area contributed by atoms with Crippen LogP contribution >= 0.6 is 0 Å². The second-order valence-corrected chi connectivity index (χ2v) is 4.39. The molecular formula is C14H19NO3. The van der Waals surface area contributed by atoms with Gasteiger partial charge in [-0.15, -0.1) is 0 Å². The van der Waals surface area contributed by atoms with Gasteiger partial charge in [0, 0.05) is 18.7 Å². The van der Waals surface area contributed by atoms with Crippen molar-refractivity contribution in [3.8, 4) is 0 Å². The number of amides is 1. The molecule has 0 bridgehead atoms. The molecule has 0 spiro atoms. The van der Waals surface area contributed by atoms with E-state index in [9.17, 15) is 4.79 Å². The van der Waals surface area contributed by atoms with E-state index in [1.165, 1.54) is 0 Å². The van der Waals surface area contributed by atoms with Gasteiger partial charge in [0.15, 0.2) is 0 Å². The lowest BCUT2D eigenvalue weighted by atomic mass is 10.0. The predicted octanol–water partition coefficient (Wildman–Crippen LogP) is 1.08. The molecule has 1 N–H and O–H groups in total. The van der Waals surface area contributed by atoms with Crippen molar-refractivity contribution in [1.82, 2.24) is 4.90 Å². The Balaban J connectivity index is 1.99. The van der Waals surface area contributed by atoms with Crippen LogP contribution in [0.15, 0.2) is 24.3 Å². The van der Waals surface area contributed by atoms with E-state index in [4.69, 9.17) is 9.84 Å². The summed E-state index contributed by atoms with van der Waals surface area (Å²) in [6, 6.07) is 7.80. The molecule has 0 unspecified atom stereocenters. The minimum atomic E-state index is 0.0246. The lowest BCUT2D eigenvalue weighted by Crippen LogP contribution is -2.34. The van der Waals surface area contributed by atoms with Gasteiger partial charge in [0.05, 0.1) is 19.8 Å². The van der Waals surface area contributed by atoms with Crippen molar-refractivity contribution >= 4 is 5.91 Å². The van der Waals surface area contributed by atoms with Gasteiger partial charge >= 0.3 is 0 Å². The van der Waals surface area contributed by atoms with E-state index in [2.05, 4.69) is 0 Å². The fourth-order valence-corrected chi connectivity index (χ4v) is 2.23. The number of aliphatic hydroxyl groups excluding tert-OH is 1. The number of aliphatic hydroxyl groups is 1. The second kappa shape index (κ2) is 6.52. The summed E-state index contributed by atoms with van der Waals surface area (Å²) in [5.41, 5.74) is 1.96. The van der Waals surface area contributed by atoms with E-state index < -0.39 is 0 Å². The third-order valence-electron chi connectivity index (χ3n) is 3.15. The smallest absolute Gasteiger partial charge is 0.254 e. The van der Waals surface area contributed by atoms with Crippen LogP contribution in [0.1, 0.15) is 22.3 Å². The first kappa shape index (κ1) is 13.1. The van der Waals surface area contributed by atoms with Gasteiger partial charge < -0.3 is 14.7 Å². The third kappa shape index (κ3) is 3.09. The highest BCUT2D eigenvalue weighted by molar-refractivity contribution is 5.96. The molecule has 1 aliphatic rings. The van der Waals surface area contributed by atoms with Crippen LogP contribution in [-0.2, 0) is 11.2 Å². The number of hydrogen-bond donors (Lipinski definition) is 1. The van der Waals surface area contributed by atoms with Gasteiger partial charge in [-0.05, 0) is 24.5 Å². The summed E-state index contributed by atoms with van der Waals surface area (Å²) < 4.78 is 5.22. The highest BCUT2D eigenvalue weighted by Crippen LogP contribution is 2.18. The average Bonchev–Trinajstić information content (AvgIpc) is 2.56. The van der Waals surface area contributed by atoms with Gasteiger partial charge in [-0.1, -0.05) is 18.2 Å². The van der Waals surface area contributed by atoms with Gasteiger partial charge in [-0.2, -0.15) is 0 Å². The molecule has 0 fully saturated rings. The molecule has 1 aliphatic heterocycles. The highest BCUT2D eigenvalue weighted by atomic mass is 16.5. The van der Waals surface area contributed by atoms with E-state index >= 15 is 0 Å². The van der Waals surface area contributed by atoms with Crippen LogP contribution < -0.4 is 0 Å². The van der Waals surface area contributed by atoms with Gasteiger partial charge in [0.25, 0.3) is 5.91 Å². The first-order chi connectivity index (χ1) is 8.83. The highest BCUT2D eigenvalue weighted by Gasteiger charge is 2.21. The van der Waals surface area contributed by atoms with Crippen molar-refractivity contribution in [1.29, 1.82) is 0 Å². The van der Waals surface area contributed by atoms with Crippen LogP contribution in [0.2, 0.25) is 0 Å². The molecule has 2 rings (SSSR count). The molecule has 1 heterocycles. The molecule has 1 aromatic rings. The fraction of sp³-hybridized carbons (Fsp3) is 0.500. The number of rotatable bonds is 5. The van der Waals surface area contributed by atoms with Crippen LogP contribution in [0.25, 0.3) is 0 Å². The Morgan fingerprint density at radius 2 is 2.11 bits per heavy atom. The molecule has 0 aliphatic carbocycles. The first-order valence-corrected chi connectivity index (χ1v) is 6.38. The molecule has 98 valence electrons. The van der Waals surface area contributed by atoms with Crippen molar-refractivity contribution < 1.29 is 14.6 Å². The van der Waals surface area contributed by atoms with Crippen molar-refractivity contribution in [2.75, 3.05) is 32.9 Å². The molecular weight excluding hydrogens is 230 g/mol. The van der Waals surface area contributed by atoms with Crippen molar-refractivity contribution in [3.05, 3.63) is 35.4 Å². The number of benzene rings is 1. The summed E-state index contributed by atoms with van der Waals surface area (Å²) in [6.07, 6.45) is 1.94. The van der Waals surface area contributed by atoms with Gasteiger partial charge in [0.1, 0.15) is 0 Å². The van der Waals surface area contributed by atoms with Crippen molar-refractivity contribution in [2.45, 2.75) is 12.8 Å². The number of hydrogen-bond acceptors (Lipinski definition) is 3. The van der Waals surface area contributed by atoms with Crippen LogP contribution in [0.3, 0.4) is 0 Å².